The molecule has 1 amide bonds. The van der Waals surface area contributed by atoms with Crippen LogP contribution in [0, 0.1) is 5.41 Å². The van der Waals surface area contributed by atoms with E-state index in [4.69, 9.17) is 9.47 Å². The van der Waals surface area contributed by atoms with Crippen LogP contribution in [-0.4, -0.2) is 42.4 Å². The molecule has 0 aromatic rings. The lowest BCUT2D eigenvalue weighted by molar-refractivity contribution is -0.0248. The van der Waals surface area contributed by atoms with Gasteiger partial charge >= 0.3 is 6.09 Å². The molecular weight excluding hydrogens is 242 g/mol. The highest BCUT2D eigenvalue weighted by atomic mass is 16.6. The second kappa shape index (κ2) is 6.12. The summed E-state index contributed by atoms with van der Waals surface area (Å²) in [5.41, 5.74) is -0.235. The summed E-state index contributed by atoms with van der Waals surface area (Å²) in [5, 5.41) is 0. The summed E-state index contributed by atoms with van der Waals surface area (Å²) in [4.78, 5) is 13.8. The first-order chi connectivity index (χ1) is 8.61. The van der Waals surface area contributed by atoms with E-state index in [0.717, 1.165) is 32.5 Å². The normalized spacial score (nSPS) is 19.6. The Labute approximate surface area is 117 Å². The number of nitrogens with zero attached hydrogens (tertiary/aromatic N) is 1. The van der Waals surface area contributed by atoms with E-state index in [9.17, 15) is 4.79 Å². The highest BCUT2D eigenvalue weighted by Crippen LogP contribution is 2.32. The van der Waals surface area contributed by atoms with Crippen LogP contribution >= 0.6 is 0 Å². The summed E-state index contributed by atoms with van der Waals surface area (Å²) < 4.78 is 11.1. The highest BCUT2D eigenvalue weighted by molar-refractivity contribution is 5.68. The van der Waals surface area contributed by atoms with Crippen LogP contribution in [0.3, 0.4) is 0 Å². The van der Waals surface area contributed by atoms with Crippen molar-refractivity contribution in [3.05, 3.63) is 0 Å². The summed E-state index contributed by atoms with van der Waals surface area (Å²) in [5.74, 6) is 0. The Bertz CT molecular complexity index is 299. The zero-order valence-electron chi connectivity index (χ0n) is 13.3. The maximum Gasteiger partial charge on any atom is 0.410 e. The van der Waals surface area contributed by atoms with Crippen molar-refractivity contribution in [2.24, 2.45) is 5.41 Å². The smallest absolute Gasteiger partial charge is 0.410 e. The quantitative estimate of drug-likeness (QED) is 0.789. The van der Waals surface area contributed by atoms with Gasteiger partial charge in [-0.05, 0) is 52.9 Å². The average molecular weight is 271 g/mol. The topological polar surface area (TPSA) is 38.8 Å². The SMILES string of the molecule is CC(C)OCC1(C)CCN(C(=O)OC(C)(C)C)CC1. The van der Waals surface area contributed by atoms with E-state index in [1.54, 1.807) is 0 Å². The lowest BCUT2D eigenvalue weighted by atomic mass is 9.81. The van der Waals surface area contributed by atoms with Gasteiger partial charge in [0.2, 0.25) is 0 Å². The van der Waals surface area contributed by atoms with Gasteiger partial charge in [0, 0.05) is 13.1 Å². The van der Waals surface area contributed by atoms with Gasteiger partial charge in [0.15, 0.2) is 0 Å². The molecule has 0 bridgehead atoms. The van der Waals surface area contributed by atoms with Gasteiger partial charge in [-0.25, -0.2) is 4.79 Å². The third-order valence-corrected chi connectivity index (χ3v) is 3.39. The van der Waals surface area contributed by atoms with Gasteiger partial charge in [-0.15, -0.1) is 0 Å². The Morgan fingerprint density at radius 2 is 1.79 bits per heavy atom. The number of ether oxygens (including phenoxy) is 2. The fraction of sp³-hybridized carbons (Fsp3) is 0.933. The molecule has 4 nitrogen and oxygen atoms in total. The van der Waals surface area contributed by atoms with E-state index in [2.05, 4.69) is 20.8 Å². The van der Waals surface area contributed by atoms with Gasteiger partial charge in [0.05, 0.1) is 12.7 Å². The van der Waals surface area contributed by atoms with Gasteiger partial charge in [0.1, 0.15) is 5.60 Å². The second-order valence-corrected chi connectivity index (χ2v) is 7.14. The molecule has 0 aliphatic carbocycles. The molecule has 0 spiro atoms. The first-order valence-electron chi connectivity index (χ1n) is 7.21. The molecule has 4 heteroatoms. The fourth-order valence-corrected chi connectivity index (χ4v) is 2.07. The van der Waals surface area contributed by atoms with Crippen LogP contribution in [0.25, 0.3) is 0 Å². The van der Waals surface area contributed by atoms with Crippen molar-refractivity contribution in [2.75, 3.05) is 19.7 Å². The Morgan fingerprint density at radius 3 is 2.21 bits per heavy atom. The highest BCUT2D eigenvalue weighted by Gasteiger charge is 2.33. The average Bonchev–Trinajstić information content (AvgIpc) is 2.25. The summed E-state index contributed by atoms with van der Waals surface area (Å²) in [6.45, 7) is 14.3. The van der Waals surface area contributed by atoms with E-state index in [1.807, 2.05) is 25.7 Å². The molecule has 1 aliphatic rings. The minimum Gasteiger partial charge on any atom is -0.444 e. The predicted octanol–water partition coefficient (Wildman–Crippen LogP) is 3.45. The molecule has 112 valence electrons. The molecular formula is C15H29NO3. The maximum absolute atomic E-state index is 12.0. The fourth-order valence-electron chi connectivity index (χ4n) is 2.07. The van der Waals surface area contributed by atoms with Crippen LogP contribution in [0.2, 0.25) is 0 Å². The van der Waals surface area contributed by atoms with Crippen molar-refractivity contribution >= 4 is 6.09 Å². The van der Waals surface area contributed by atoms with E-state index in [-0.39, 0.29) is 17.6 Å². The summed E-state index contributed by atoms with van der Waals surface area (Å²) in [6, 6.07) is 0. The van der Waals surface area contributed by atoms with Gasteiger partial charge in [0.25, 0.3) is 0 Å². The van der Waals surface area contributed by atoms with Crippen molar-refractivity contribution in [3.8, 4) is 0 Å². The maximum atomic E-state index is 12.0. The zero-order chi connectivity index (χ0) is 14.7. The van der Waals surface area contributed by atoms with Crippen molar-refractivity contribution in [1.82, 2.24) is 4.90 Å². The minimum atomic E-state index is -0.418. The van der Waals surface area contributed by atoms with Crippen molar-refractivity contribution in [1.29, 1.82) is 0 Å². The first kappa shape index (κ1) is 16.3. The third kappa shape index (κ3) is 5.81. The predicted molar refractivity (Wildman–Crippen MR) is 76.2 cm³/mol. The monoisotopic (exact) mass is 271 g/mol. The van der Waals surface area contributed by atoms with Crippen LogP contribution in [0.15, 0.2) is 0 Å². The number of rotatable bonds is 3. The number of amides is 1. The van der Waals surface area contributed by atoms with Gasteiger partial charge in [-0.3, -0.25) is 0 Å². The summed E-state index contributed by atoms with van der Waals surface area (Å²) in [6.07, 6.45) is 2.01. The van der Waals surface area contributed by atoms with E-state index < -0.39 is 5.60 Å². The second-order valence-electron chi connectivity index (χ2n) is 7.14. The Morgan fingerprint density at radius 1 is 1.26 bits per heavy atom. The summed E-state index contributed by atoms with van der Waals surface area (Å²) in [7, 11) is 0. The molecule has 0 atom stereocenters. The zero-order valence-corrected chi connectivity index (χ0v) is 13.3. The molecule has 0 radical (unpaired) electrons. The molecule has 1 aliphatic heterocycles. The summed E-state index contributed by atoms with van der Waals surface area (Å²) >= 11 is 0. The number of likely N-dealkylation sites (tertiary alicyclic amines) is 1. The van der Waals surface area contributed by atoms with Crippen molar-refractivity contribution in [2.45, 2.75) is 66.1 Å². The molecule has 19 heavy (non-hydrogen) atoms. The Balaban J connectivity index is 2.41. The lowest BCUT2D eigenvalue weighted by Crippen LogP contribution is -2.45. The number of carbonyl (C=O) groups excluding carboxylic acids is 1. The number of hydrogen-bond acceptors (Lipinski definition) is 3. The van der Waals surface area contributed by atoms with Crippen LogP contribution in [-0.2, 0) is 9.47 Å². The molecule has 1 saturated heterocycles. The number of carbonyl (C=O) groups is 1. The van der Waals surface area contributed by atoms with Crippen LogP contribution in [0.4, 0.5) is 4.79 Å². The Hall–Kier alpha value is -0.770. The number of piperidine rings is 1. The van der Waals surface area contributed by atoms with Crippen LogP contribution < -0.4 is 0 Å². The van der Waals surface area contributed by atoms with Gasteiger partial charge in [-0.1, -0.05) is 6.92 Å². The van der Waals surface area contributed by atoms with Crippen LogP contribution in [0.1, 0.15) is 54.4 Å². The molecule has 1 heterocycles. The first-order valence-corrected chi connectivity index (χ1v) is 7.21. The molecule has 0 aromatic carbocycles. The number of hydrogen-bond donors (Lipinski definition) is 0. The molecule has 0 saturated carbocycles. The molecule has 1 rings (SSSR count). The molecule has 1 fully saturated rings. The minimum absolute atomic E-state index is 0.183. The van der Waals surface area contributed by atoms with Crippen molar-refractivity contribution < 1.29 is 14.3 Å². The van der Waals surface area contributed by atoms with E-state index in [1.165, 1.54) is 0 Å². The molecule has 0 unspecified atom stereocenters. The van der Waals surface area contributed by atoms with Crippen molar-refractivity contribution in [3.63, 3.8) is 0 Å². The lowest BCUT2D eigenvalue weighted by Gasteiger charge is -2.39. The van der Waals surface area contributed by atoms with Gasteiger partial charge in [-0.2, -0.15) is 0 Å². The molecule has 0 aromatic heterocycles. The van der Waals surface area contributed by atoms with E-state index in [0.29, 0.717) is 0 Å². The van der Waals surface area contributed by atoms with Gasteiger partial charge < -0.3 is 14.4 Å². The van der Waals surface area contributed by atoms with Crippen LogP contribution in [0.5, 0.6) is 0 Å². The standard InChI is InChI=1S/C15H29NO3/c1-12(2)18-11-15(6)7-9-16(10-8-15)13(17)19-14(3,4)5/h12H,7-11H2,1-6H3. The largest absolute Gasteiger partial charge is 0.444 e. The van der Waals surface area contributed by atoms with E-state index >= 15 is 0 Å². The third-order valence-electron chi connectivity index (χ3n) is 3.39. The Kier molecular flexibility index (Phi) is 5.25. The molecule has 0 N–H and O–H groups in total.